The van der Waals surface area contributed by atoms with E-state index in [1.807, 2.05) is 0 Å². The summed E-state index contributed by atoms with van der Waals surface area (Å²) in [5.74, 6) is -0.851. The lowest BCUT2D eigenvalue weighted by molar-refractivity contribution is -0.128. The highest BCUT2D eigenvalue weighted by Crippen LogP contribution is 2.37. The van der Waals surface area contributed by atoms with Crippen molar-refractivity contribution in [3.05, 3.63) is 76.2 Å². The highest BCUT2D eigenvalue weighted by atomic mass is 35.5. The van der Waals surface area contributed by atoms with Gasteiger partial charge >= 0.3 is 0 Å². The van der Waals surface area contributed by atoms with E-state index in [9.17, 15) is 22.4 Å². The number of nitrogens with zero attached hydrogens (tertiary/aromatic N) is 3. The first-order chi connectivity index (χ1) is 18.6. The van der Waals surface area contributed by atoms with Gasteiger partial charge in [0.2, 0.25) is 11.8 Å². The van der Waals surface area contributed by atoms with Crippen molar-refractivity contribution in [3.63, 3.8) is 0 Å². The van der Waals surface area contributed by atoms with Crippen molar-refractivity contribution in [2.24, 2.45) is 5.92 Å². The van der Waals surface area contributed by atoms with Crippen LogP contribution in [0.4, 0.5) is 10.1 Å². The predicted molar refractivity (Wildman–Crippen MR) is 144 cm³/mol. The summed E-state index contributed by atoms with van der Waals surface area (Å²) in [5, 5.41) is 2.72. The maximum Gasteiger partial charge on any atom is 0.263 e. The maximum absolute atomic E-state index is 13.4. The number of hydrogen-bond donors (Lipinski definition) is 2. The number of pyridine rings is 1. The molecule has 0 atom stereocenters. The molecule has 0 radical (unpaired) electrons. The summed E-state index contributed by atoms with van der Waals surface area (Å²) in [4.78, 5) is 33.5. The fourth-order valence-corrected chi connectivity index (χ4v) is 6.13. The molecule has 5 rings (SSSR count). The van der Waals surface area contributed by atoms with Crippen LogP contribution in [-0.4, -0.2) is 43.0 Å². The summed E-state index contributed by atoms with van der Waals surface area (Å²) < 4.78 is 48.6. The van der Waals surface area contributed by atoms with Gasteiger partial charge in [-0.15, -0.1) is 0 Å². The Balaban J connectivity index is 1.49. The molecule has 1 amide bonds. The van der Waals surface area contributed by atoms with Crippen LogP contribution in [0.3, 0.4) is 0 Å². The number of amides is 1. The number of aromatic nitrogens is 3. The molecule has 1 aliphatic carbocycles. The molecule has 1 saturated carbocycles. The fourth-order valence-electron chi connectivity index (χ4n) is 4.55. The van der Waals surface area contributed by atoms with Crippen LogP contribution >= 0.6 is 11.6 Å². The standard InChI is InChI=1S/C26H23ClFN5O5S/c1-29-24(34)15-7-18(8-15)33-13-31-21-5-3-14(9-19(21)26(33)35)16-10-22(25(38-2)30-12-16)32-39(36,37)23-6-4-17(28)11-20(23)27/h3-6,9-13,15,18,32H,7-8H2,1-2H3,(H,29,34)/t15-,18+. The van der Waals surface area contributed by atoms with Crippen LogP contribution in [0.1, 0.15) is 18.9 Å². The number of hydrogen-bond acceptors (Lipinski definition) is 7. The molecule has 13 heteroatoms. The number of fused-ring (bicyclic) bond motifs is 1. The van der Waals surface area contributed by atoms with Crippen molar-refractivity contribution in [2.45, 2.75) is 23.8 Å². The van der Waals surface area contributed by atoms with E-state index < -0.39 is 15.8 Å². The Kier molecular flexibility index (Phi) is 7.00. The minimum Gasteiger partial charge on any atom is -0.480 e. The number of carbonyl (C=O) groups is 1. The van der Waals surface area contributed by atoms with Gasteiger partial charge in [0.25, 0.3) is 15.6 Å². The summed E-state index contributed by atoms with van der Waals surface area (Å²) in [6.07, 6.45) is 4.09. The molecule has 1 fully saturated rings. The lowest BCUT2D eigenvalue weighted by Crippen LogP contribution is -2.41. The summed E-state index contributed by atoms with van der Waals surface area (Å²) in [5.41, 5.74) is 1.37. The van der Waals surface area contributed by atoms with Gasteiger partial charge in [-0.05, 0) is 54.8 Å². The maximum atomic E-state index is 13.4. The van der Waals surface area contributed by atoms with E-state index in [2.05, 4.69) is 20.0 Å². The number of benzene rings is 2. The first kappa shape index (κ1) is 26.6. The van der Waals surface area contributed by atoms with E-state index in [0.717, 1.165) is 18.2 Å². The van der Waals surface area contributed by atoms with Crippen molar-refractivity contribution in [2.75, 3.05) is 18.9 Å². The monoisotopic (exact) mass is 571 g/mol. The minimum atomic E-state index is -4.22. The molecule has 39 heavy (non-hydrogen) atoms. The number of halogens is 2. The number of anilines is 1. The van der Waals surface area contributed by atoms with Crippen molar-refractivity contribution >= 4 is 44.1 Å². The number of methoxy groups -OCH3 is 1. The Hall–Kier alpha value is -4.03. The number of ether oxygens (including phenoxy) is 1. The van der Waals surface area contributed by atoms with Crippen molar-refractivity contribution in [1.29, 1.82) is 0 Å². The topological polar surface area (TPSA) is 132 Å². The van der Waals surface area contributed by atoms with Crippen LogP contribution in [0.5, 0.6) is 5.88 Å². The van der Waals surface area contributed by atoms with E-state index in [0.29, 0.717) is 34.9 Å². The van der Waals surface area contributed by atoms with Gasteiger partial charge in [0.1, 0.15) is 16.4 Å². The second-order valence-electron chi connectivity index (χ2n) is 9.09. The van der Waals surface area contributed by atoms with Gasteiger partial charge in [0.15, 0.2) is 0 Å². The largest absolute Gasteiger partial charge is 0.480 e. The number of nitrogens with one attached hydrogen (secondary N) is 2. The second-order valence-corrected chi connectivity index (χ2v) is 11.1. The molecule has 2 heterocycles. The molecule has 10 nitrogen and oxygen atoms in total. The molecule has 4 aromatic rings. The predicted octanol–water partition coefficient (Wildman–Crippen LogP) is 3.76. The lowest BCUT2D eigenvalue weighted by atomic mass is 9.79. The zero-order chi connectivity index (χ0) is 27.9. The number of rotatable bonds is 7. The third-order valence-electron chi connectivity index (χ3n) is 6.71. The molecule has 2 N–H and O–H groups in total. The fraction of sp³-hybridized carbons (Fsp3) is 0.231. The van der Waals surface area contributed by atoms with Gasteiger partial charge in [-0.1, -0.05) is 17.7 Å². The summed E-state index contributed by atoms with van der Waals surface area (Å²) in [7, 11) is -1.29. The first-order valence-electron chi connectivity index (χ1n) is 11.9. The molecule has 0 bridgehead atoms. The van der Waals surface area contributed by atoms with Gasteiger partial charge in [-0.2, -0.15) is 0 Å². The van der Waals surface area contributed by atoms with Gasteiger partial charge in [0, 0.05) is 30.8 Å². The zero-order valence-corrected chi connectivity index (χ0v) is 22.4. The van der Waals surface area contributed by atoms with E-state index >= 15 is 0 Å². The second kappa shape index (κ2) is 10.3. The molecule has 202 valence electrons. The Morgan fingerprint density at radius 1 is 1.13 bits per heavy atom. The van der Waals surface area contributed by atoms with Crippen LogP contribution in [0, 0.1) is 11.7 Å². The Morgan fingerprint density at radius 2 is 1.90 bits per heavy atom. The Bertz CT molecular complexity index is 1770. The Labute approximate surface area is 227 Å². The normalized spacial score (nSPS) is 16.9. The summed E-state index contributed by atoms with van der Waals surface area (Å²) >= 11 is 5.97. The van der Waals surface area contributed by atoms with Crippen LogP contribution < -0.4 is 20.3 Å². The number of sulfonamides is 1. The molecular formula is C26H23ClFN5O5S. The van der Waals surface area contributed by atoms with E-state index in [1.165, 1.54) is 25.7 Å². The van der Waals surface area contributed by atoms with Gasteiger partial charge in [-0.3, -0.25) is 18.9 Å². The summed E-state index contributed by atoms with van der Waals surface area (Å²) in [6, 6.07) is 9.43. The molecular weight excluding hydrogens is 549 g/mol. The van der Waals surface area contributed by atoms with Crippen LogP contribution in [0.25, 0.3) is 22.0 Å². The van der Waals surface area contributed by atoms with E-state index in [4.69, 9.17) is 16.3 Å². The van der Waals surface area contributed by atoms with Crippen LogP contribution in [-0.2, 0) is 14.8 Å². The third kappa shape index (κ3) is 5.04. The molecule has 0 unspecified atom stereocenters. The smallest absolute Gasteiger partial charge is 0.263 e. The van der Waals surface area contributed by atoms with Crippen molar-refractivity contribution in [3.8, 4) is 17.0 Å². The van der Waals surface area contributed by atoms with Gasteiger partial charge < -0.3 is 10.1 Å². The average molecular weight is 572 g/mol. The SMILES string of the molecule is CNC(=O)[C@H]1C[C@@H](n2cnc3ccc(-c4cnc(OC)c(NS(=O)(=O)c5ccc(F)cc5Cl)c4)cc3c2=O)C1. The third-order valence-corrected chi connectivity index (χ3v) is 8.56. The average Bonchev–Trinajstić information content (AvgIpc) is 2.88. The van der Waals surface area contributed by atoms with Crippen LogP contribution in [0.15, 0.2) is 64.7 Å². The molecule has 0 spiro atoms. The van der Waals surface area contributed by atoms with E-state index in [-0.39, 0.29) is 44.9 Å². The zero-order valence-electron chi connectivity index (χ0n) is 20.8. The highest BCUT2D eigenvalue weighted by Gasteiger charge is 2.35. The van der Waals surface area contributed by atoms with Crippen LogP contribution in [0.2, 0.25) is 5.02 Å². The van der Waals surface area contributed by atoms with E-state index in [1.54, 1.807) is 29.8 Å². The highest BCUT2D eigenvalue weighted by molar-refractivity contribution is 7.92. The molecule has 0 aliphatic heterocycles. The molecule has 1 aliphatic rings. The van der Waals surface area contributed by atoms with Crippen molar-refractivity contribution in [1.82, 2.24) is 19.9 Å². The minimum absolute atomic E-state index is 0.000949. The number of carbonyl (C=O) groups excluding carboxylic acids is 1. The molecule has 2 aromatic heterocycles. The van der Waals surface area contributed by atoms with Crippen molar-refractivity contribution < 1.29 is 22.3 Å². The molecule has 2 aromatic carbocycles. The van der Waals surface area contributed by atoms with Gasteiger partial charge in [0.05, 0.1) is 29.4 Å². The quantitative estimate of drug-likeness (QED) is 0.345. The Morgan fingerprint density at radius 3 is 2.59 bits per heavy atom. The molecule has 0 saturated heterocycles. The first-order valence-corrected chi connectivity index (χ1v) is 13.7. The lowest BCUT2D eigenvalue weighted by Gasteiger charge is -2.34. The summed E-state index contributed by atoms with van der Waals surface area (Å²) in [6.45, 7) is 0. The van der Waals surface area contributed by atoms with Gasteiger partial charge in [-0.25, -0.2) is 22.8 Å².